The fourth-order valence-electron chi connectivity index (χ4n) is 0.827. The van der Waals surface area contributed by atoms with Gasteiger partial charge in [0.25, 0.3) is 0 Å². The van der Waals surface area contributed by atoms with E-state index < -0.39 is 0 Å². The molecule has 4 heteroatoms. The van der Waals surface area contributed by atoms with Gasteiger partial charge >= 0.3 is 0 Å². The van der Waals surface area contributed by atoms with Crippen LogP contribution in [0.1, 0.15) is 19.7 Å². The Morgan fingerprint density at radius 3 is 2.77 bits per heavy atom. The van der Waals surface area contributed by atoms with Gasteiger partial charge < -0.3 is 0 Å². The van der Waals surface area contributed by atoms with Gasteiger partial charge in [0.1, 0.15) is 0 Å². The largest absolute Gasteiger partial charge is 0.204 e. The molecule has 0 fully saturated rings. The predicted molar refractivity (Wildman–Crippen MR) is 51.8 cm³/mol. The lowest BCUT2D eigenvalue weighted by atomic mass is 10.1. The van der Waals surface area contributed by atoms with E-state index in [9.17, 15) is 0 Å². The lowest BCUT2D eigenvalue weighted by Gasteiger charge is -1.94. The number of nitrogens with zero attached hydrogens (tertiary/aromatic N) is 3. The Bertz CT molecular complexity index is 333. The highest BCUT2D eigenvalue weighted by Gasteiger charge is 2.01. The lowest BCUT2D eigenvalue weighted by Crippen LogP contribution is -1.85. The first-order chi connectivity index (χ1) is 6.27. The molecule has 1 heterocycles. The first kappa shape index (κ1) is 9.38. The molecule has 0 bridgehead atoms. The van der Waals surface area contributed by atoms with Gasteiger partial charge in [-0.1, -0.05) is 24.3 Å². The fourth-order valence-corrected chi connectivity index (χ4v) is 0.827. The van der Waals surface area contributed by atoms with Crippen LogP contribution in [0.15, 0.2) is 30.4 Å². The van der Waals surface area contributed by atoms with Gasteiger partial charge in [-0.15, -0.1) is 10.2 Å². The summed E-state index contributed by atoms with van der Waals surface area (Å²) in [7, 11) is 0. The summed E-state index contributed by atoms with van der Waals surface area (Å²) in [6, 6.07) is 0. The van der Waals surface area contributed by atoms with Gasteiger partial charge in [0.05, 0.1) is 0 Å². The van der Waals surface area contributed by atoms with E-state index in [0.717, 1.165) is 11.1 Å². The van der Waals surface area contributed by atoms with Crippen molar-refractivity contribution in [2.45, 2.75) is 13.8 Å². The van der Waals surface area contributed by atoms with Crippen LogP contribution in [0.5, 0.6) is 0 Å². The average Bonchev–Trinajstić information content (AvgIpc) is 2.66. The summed E-state index contributed by atoms with van der Waals surface area (Å²) in [6.07, 6.45) is 5.67. The minimum Gasteiger partial charge on any atom is -0.177 e. The molecule has 0 atom stereocenters. The number of rotatable bonds is 3. The van der Waals surface area contributed by atoms with Crippen molar-refractivity contribution < 1.29 is 0 Å². The van der Waals surface area contributed by atoms with Crippen molar-refractivity contribution >= 4 is 5.57 Å². The molecule has 0 radical (unpaired) electrons. The molecule has 13 heavy (non-hydrogen) atoms. The number of tetrazole rings is 1. The number of hydrogen-bond acceptors (Lipinski definition) is 3. The van der Waals surface area contributed by atoms with Crippen LogP contribution in [0.25, 0.3) is 5.57 Å². The number of allylic oxidation sites excluding steroid dienone is 5. The fraction of sp³-hybridized carbons (Fsp3) is 0.222. The van der Waals surface area contributed by atoms with Crippen molar-refractivity contribution in [2.75, 3.05) is 0 Å². The Kier molecular flexibility index (Phi) is 3.14. The van der Waals surface area contributed by atoms with Gasteiger partial charge in [0.2, 0.25) is 5.82 Å². The van der Waals surface area contributed by atoms with Crippen molar-refractivity contribution in [3.05, 3.63) is 36.2 Å². The van der Waals surface area contributed by atoms with Gasteiger partial charge in [-0.2, -0.15) is 5.21 Å². The van der Waals surface area contributed by atoms with E-state index >= 15 is 0 Å². The van der Waals surface area contributed by atoms with Crippen LogP contribution in [-0.4, -0.2) is 20.6 Å². The van der Waals surface area contributed by atoms with E-state index in [2.05, 4.69) is 27.2 Å². The van der Waals surface area contributed by atoms with Gasteiger partial charge in [0, 0.05) is 5.57 Å². The third-order valence-electron chi connectivity index (χ3n) is 1.66. The van der Waals surface area contributed by atoms with Crippen LogP contribution in [0, 0.1) is 0 Å². The third kappa shape index (κ3) is 2.37. The first-order valence-corrected chi connectivity index (χ1v) is 3.98. The molecule has 0 aliphatic rings. The van der Waals surface area contributed by atoms with Crippen molar-refractivity contribution in [2.24, 2.45) is 0 Å². The van der Waals surface area contributed by atoms with E-state index in [1.807, 2.05) is 26.0 Å². The molecule has 1 aromatic rings. The molecule has 1 aromatic heterocycles. The Hall–Kier alpha value is -1.71. The van der Waals surface area contributed by atoms with Gasteiger partial charge in [-0.25, -0.2) is 0 Å². The molecule has 0 saturated heterocycles. The van der Waals surface area contributed by atoms with Gasteiger partial charge in [-0.05, 0) is 25.1 Å². The molecule has 1 rings (SSSR count). The summed E-state index contributed by atoms with van der Waals surface area (Å²) in [5.74, 6) is 0.566. The normalized spacial score (nSPS) is 13.1. The van der Waals surface area contributed by atoms with E-state index in [0.29, 0.717) is 5.82 Å². The molecule has 0 aliphatic heterocycles. The number of nitrogens with one attached hydrogen (secondary N) is 1. The number of hydrogen-bond donors (Lipinski definition) is 1. The second-order valence-electron chi connectivity index (χ2n) is 2.57. The van der Waals surface area contributed by atoms with Crippen molar-refractivity contribution in [3.63, 3.8) is 0 Å². The van der Waals surface area contributed by atoms with Crippen LogP contribution in [-0.2, 0) is 0 Å². The number of aromatic nitrogens is 4. The molecule has 68 valence electrons. The second-order valence-corrected chi connectivity index (χ2v) is 2.57. The number of H-pyrrole nitrogens is 1. The summed E-state index contributed by atoms with van der Waals surface area (Å²) >= 11 is 0. The minimum absolute atomic E-state index is 0.566. The molecular formula is C9H12N4. The molecule has 4 nitrogen and oxygen atoms in total. The van der Waals surface area contributed by atoms with Gasteiger partial charge in [-0.3, -0.25) is 0 Å². The van der Waals surface area contributed by atoms with Crippen molar-refractivity contribution in [3.8, 4) is 0 Å². The van der Waals surface area contributed by atoms with Crippen LogP contribution in [0.3, 0.4) is 0 Å². The summed E-state index contributed by atoms with van der Waals surface area (Å²) < 4.78 is 0. The Morgan fingerprint density at radius 2 is 2.31 bits per heavy atom. The molecule has 0 spiro atoms. The molecule has 0 unspecified atom stereocenters. The van der Waals surface area contributed by atoms with E-state index in [-0.39, 0.29) is 0 Å². The maximum Gasteiger partial charge on any atom is 0.204 e. The quantitative estimate of drug-likeness (QED) is 0.713. The van der Waals surface area contributed by atoms with Crippen LogP contribution < -0.4 is 0 Å². The SMILES string of the molecule is C=C/C(=C\C(C)=C/C)c1nn[nH]n1. The third-order valence-corrected chi connectivity index (χ3v) is 1.66. The summed E-state index contributed by atoms with van der Waals surface area (Å²) in [5.41, 5.74) is 2.00. The van der Waals surface area contributed by atoms with Crippen LogP contribution in [0.2, 0.25) is 0 Å². The number of aromatic amines is 1. The minimum atomic E-state index is 0.566. The zero-order valence-electron chi connectivity index (χ0n) is 7.78. The predicted octanol–water partition coefficient (Wildman–Crippen LogP) is 1.74. The standard InChI is InChI=1S/C9H12N4/c1-4-7(3)6-8(5-2)9-10-12-13-11-9/h4-6H,2H2,1,3H3,(H,10,11,12,13)/b7-4-,8-6+. The Balaban J connectivity index is 2.99. The molecular weight excluding hydrogens is 164 g/mol. The first-order valence-electron chi connectivity index (χ1n) is 3.98. The van der Waals surface area contributed by atoms with E-state index in [1.54, 1.807) is 6.08 Å². The smallest absolute Gasteiger partial charge is 0.177 e. The second kappa shape index (κ2) is 4.35. The highest BCUT2D eigenvalue weighted by atomic mass is 15.5. The zero-order chi connectivity index (χ0) is 9.68. The Morgan fingerprint density at radius 1 is 1.54 bits per heavy atom. The average molecular weight is 176 g/mol. The highest BCUT2D eigenvalue weighted by molar-refractivity contribution is 5.70. The van der Waals surface area contributed by atoms with Crippen molar-refractivity contribution in [1.82, 2.24) is 20.6 Å². The van der Waals surface area contributed by atoms with Crippen molar-refractivity contribution in [1.29, 1.82) is 0 Å². The lowest BCUT2D eigenvalue weighted by molar-refractivity contribution is 0.881. The topological polar surface area (TPSA) is 54.5 Å². The molecule has 0 saturated carbocycles. The molecule has 0 aromatic carbocycles. The van der Waals surface area contributed by atoms with E-state index in [4.69, 9.17) is 0 Å². The highest BCUT2D eigenvalue weighted by Crippen LogP contribution is 2.11. The van der Waals surface area contributed by atoms with Crippen LogP contribution in [0.4, 0.5) is 0 Å². The van der Waals surface area contributed by atoms with E-state index in [1.165, 1.54) is 0 Å². The van der Waals surface area contributed by atoms with Gasteiger partial charge in [0.15, 0.2) is 0 Å². The molecule has 0 aliphatic carbocycles. The van der Waals surface area contributed by atoms with Crippen LogP contribution >= 0.6 is 0 Å². The summed E-state index contributed by atoms with van der Waals surface area (Å²) in [5, 5.41) is 13.6. The molecule has 0 amide bonds. The molecule has 1 N–H and O–H groups in total. The summed E-state index contributed by atoms with van der Waals surface area (Å²) in [6.45, 7) is 7.67. The Labute approximate surface area is 77.1 Å². The zero-order valence-corrected chi connectivity index (χ0v) is 7.78. The maximum atomic E-state index is 3.86. The monoisotopic (exact) mass is 176 g/mol. The maximum absolute atomic E-state index is 3.86. The summed E-state index contributed by atoms with van der Waals surface area (Å²) in [4.78, 5) is 0.